The van der Waals surface area contributed by atoms with Crippen LogP contribution < -0.4 is 4.72 Å². The molecule has 0 saturated carbocycles. The van der Waals surface area contributed by atoms with Gasteiger partial charge in [0, 0.05) is 11.6 Å². The van der Waals surface area contributed by atoms with Crippen molar-refractivity contribution < 1.29 is 27.1 Å². The van der Waals surface area contributed by atoms with E-state index in [0.29, 0.717) is 6.42 Å². The highest BCUT2D eigenvalue weighted by atomic mass is 32.2. The number of benzene rings is 2. The zero-order valence-electron chi connectivity index (χ0n) is 15.8. The number of ether oxygens (including phenoxy) is 1. The van der Waals surface area contributed by atoms with Crippen LogP contribution in [0.5, 0.6) is 0 Å². The number of carbonyl (C=O) groups excluding carboxylic acids is 2. The predicted octanol–water partition coefficient (Wildman–Crippen LogP) is 3.33. The Morgan fingerprint density at radius 3 is 2.07 bits per heavy atom. The minimum atomic E-state index is -3.68. The monoisotopic (exact) mass is 407 g/mol. The fourth-order valence-corrected chi connectivity index (χ4v) is 3.64. The molecule has 0 saturated heterocycles. The van der Waals surface area contributed by atoms with Crippen molar-refractivity contribution in [3.8, 4) is 0 Å². The molecular weight excluding hydrogens is 385 g/mol. The van der Waals surface area contributed by atoms with Crippen molar-refractivity contribution >= 4 is 21.8 Å². The van der Waals surface area contributed by atoms with Crippen molar-refractivity contribution in [3.63, 3.8) is 0 Å². The molecule has 150 valence electrons. The van der Waals surface area contributed by atoms with Crippen molar-refractivity contribution in [2.75, 3.05) is 0 Å². The second kappa shape index (κ2) is 9.07. The second-order valence-corrected chi connectivity index (χ2v) is 8.09. The van der Waals surface area contributed by atoms with E-state index in [0.717, 1.165) is 12.1 Å². The Labute approximate surface area is 163 Å². The van der Waals surface area contributed by atoms with Crippen LogP contribution in [-0.4, -0.2) is 32.3 Å². The van der Waals surface area contributed by atoms with E-state index in [4.69, 9.17) is 4.74 Å². The maximum atomic E-state index is 12.9. The SMILES string of the molecule is CC[C@H](C)NS(=O)(=O)c1ccc(C(=O)O[C@@H](C)C(=O)c2ccc(F)cc2)cc1. The normalized spacial score (nSPS) is 13.6. The number of Topliss-reactive ketones (excluding diaryl/α,β-unsaturated/α-hetero) is 1. The number of hydrogen-bond donors (Lipinski definition) is 1. The van der Waals surface area contributed by atoms with E-state index in [1.54, 1.807) is 6.92 Å². The lowest BCUT2D eigenvalue weighted by atomic mass is 10.1. The molecule has 0 unspecified atom stereocenters. The Morgan fingerprint density at radius 1 is 1.00 bits per heavy atom. The number of ketones is 1. The lowest BCUT2D eigenvalue weighted by Crippen LogP contribution is -2.32. The van der Waals surface area contributed by atoms with Crippen LogP contribution in [0, 0.1) is 5.82 Å². The summed E-state index contributed by atoms with van der Waals surface area (Å²) in [5, 5.41) is 0. The standard InChI is InChI=1S/C20H22FNO5S/c1-4-13(2)22-28(25,26)18-11-7-16(8-12-18)20(24)27-14(3)19(23)15-5-9-17(21)10-6-15/h5-14,22H,4H2,1-3H3/t13-,14-/m0/s1. The molecule has 2 atom stereocenters. The summed E-state index contributed by atoms with van der Waals surface area (Å²) in [4.78, 5) is 24.5. The summed E-state index contributed by atoms with van der Waals surface area (Å²) in [6.45, 7) is 5.03. The number of hydrogen-bond acceptors (Lipinski definition) is 5. The van der Waals surface area contributed by atoms with Crippen molar-refractivity contribution in [1.82, 2.24) is 4.72 Å². The van der Waals surface area contributed by atoms with Gasteiger partial charge in [0.15, 0.2) is 6.10 Å². The fourth-order valence-electron chi connectivity index (χ4n) is 2.32. The predicted molar refractivity (Wildman–Crippen MR) is 102 cm³/mol. The summed E-state index contributed by atoms with van der Waals surface area (Å²) in [6.07, 6.45) is -0.433. The Bertz CT molecular complexity index is 940. The summed E-state index contributed by atoms with van der Waals surface area (Å²) in [5.74, 6) is -1.70. The van der Waals surface area contributed by atoms with E-state index in [9.17, 15) is 22.4 Å². The maximum Gasteiger partial charge on any atom is 0.338 e. The average Bonchev–Trinajstić information content (AvgIpc) is 2.67. The average molecular weight is 407 g/mol. The van der Waals surface area contributed by atoms with E-state index < -0.39 is 33.7 Å². The van der Waals surface area contributed by atoms with E-state index in [2.05, 4.69) is 4.72 Å². The van der Waals surface area contributed by atoms with Crippen LogP contribution in [0.4, 0.5) is 4.39 Å². The quantitative estimate of drug-likeness (QED) is 0.536. The van der Waals surface area contributed by atoms with E-state index in [-0.39, 0.29) is 22.1 Å². The summed E-state index contributed by atoms with van der Waals surface area (Å²) in [6, 6.07) is 9.95. The van der Waals surface area contributed by atoms with Gasteiger partial charge in [0.2, 0.25) is 15.8 Å². The second-order valence-electron chi connectivity index (χ2n) is 6.37. The lowest BCUT2D eigenvalue weighted by Gasteiger charge is -2.14. The first-order valence-electron chi connectivity index (χ1n) is 8.77. The van der Waals surface area contributed by atoms with Gasteiger partial charge in [-0.15, -0.1) is 0 Å². The molecule has 0 aliphatic carbocycles. The van der Waals surface area contributed by atoms with Gasteiger partial charge in [-0.1, -0.05) is 6.92 Å². The number of carbonyl (C=O) groups is 2. The van der Waals surface area contributed by atoms with Gasteiger partial charge in [0.05, 0.1) is 10.5 Å². The Kier molecular flexibility index (Phi) is 7.04. The summed E-state index contributed by atoms with van der Waals surface area (Å²) >= 11 is 0. The Balaban J connectivity index is 2.06. The lowest BCUT2D eigenvalue weighted by molar-refractivity contribution is 0.0318. The molecule has 0 radical (unpaired) electrons. The van der Waals surface area contributed by atoms with E-state index >= 15 is 0 Å². The first-order valence-corrected chi connectivity index (χ1v) is 10.3. The van der Waals surface area contributed by atoms with Gasteiger partial charge in [-0.2, -0.15) is 0 Å². The zero-order chi connectivity index (χ0) is 20.9. The minimum Gasteiger partial charge on any atom is -0.451 e. The third-order valence-corrected chi connectivity index (χ3v) is 5.76. The largest absolute Gasteiger partial charge is 0.451 e. The molecule has 8 heteroatoms. The number of rotatable bonds is 8. The molecule has 0 aliphatic heterocycles. The summed E-state index contributed by atoms with van der Waals surface area (Å²) < 4.78 is 45.1. The van der Waals surface area contributed by atoms with Crippen LogP contribution in [0.1, 0.15) is 47.9 Å². The van der Waals surface area contributed by atoms with Crippen molar-refractivity contribution in [2.24, 2.45) is 0 Å². The van der Waals surface area contributed by atoms with Gasteiger partial charge in [-0.3, -0.25) is 4.79 Å². The van der Waals surface area contributed by atoms with Crippen molar-refractivity contribution in [1.29, 1.82) is 0 Å². The number of sulfonamides is 1. The third kappa shape index (κ3) is 5.46. The molecule has 0 amide bonds. The van der Waals surface area contributed by atoms with Crippen LogP contribution in [0.25, 0.3) is 0 Å². The molecule has 0 aromatic heterocycles. The molecule has 0 aliphatic rings. The van der Waals surface area contributed by atoms with Gasteiger partial charge >= 0.3 is 5.97 Å². The van der Waals surface area contributed by atoms with Gasteiger partial charge < -0.3 is 4.74 Å². The third-order valence-electron chi connectivity index (χ3n) is 4.15. The molecule has 6 nitrogen and oxygen atoms in total. The summed E-state index contributed by atoms with van der Waals surface area (Å²) in [7, 11) is -3.68. The van der Waals surface area contributed by atoms with Gasteiger partial charge in [0.25, 0.3) is 0 Å². The van der Waals surface area contributed by atoms with Gasteiger partial charge in [0.1, 0.15) is 5.82 Å². The highest BCUT2D eigenvalue weighted by molar-refractivity contribution is 7.89. The Morgan fingerprint density at radius 2 is 1.54 bits per heavy atom. The molecule has 28 heavy (non-hydrogen) atoms. The van der Waals surface area contributed by atoms with Gasteiger partial charge in [-0.05, 0) is 68.8 Å². The molecule has 0 heterocycles. The molecule has 2 rings (SSSR count). The van der Waals surface area contributed by atoms with Crippen LogP contribution in [-0.2, 0) is 14.8 Å². The number of halogens is 1. The highest BCUT2D eigenvalue weighted by Crippen LogP contribution is 2.14. The minimum absolute atomic E-state index is 0.0276. The fraction of sp³-hybridized carbons (Fsp3) is 0.300. The molecule has 0 fully saturated rings. The molecule has 2 aromatic rings. The zero-order valence-corrected chi connectivity index (χ0v) is 16.6. The van der Waals surface area contributed by atoms with E-state index in [1.165, 1.54) is 43.3 Å². The molecule has 1 N–H and O–H groups in total. The van der Waals surface area contributed by atoms with Crippen molar-refractivity contribution in [3.05, 3.63) is 65.5 Å². The number of nitrogens with one attached hydrogen (secondary N) is 1. The smallest absolute Gasteiger partial charge is 0.338 e. The first-order chi connectivity index (χ1) is 13.1. The van der Waals surface area contributed by atoms with Crippen LogP contribution >= 0.6 is 0 Å². The molecular formula is C20H22FNO5S. The highest BCUT2D eigenvalue weighted by Gasteiger charge is 2.22. The van der Waals surface area contributed by atoms with Crippen LogP contribution in [0.15, 0.2) is 53.4 Å². The van der Waals surface area contributed by atoms with Crippen LogP contribution in [0.3, 0.4) is 0 Å². The number of esters is 1. The van der Waals surface area contributed by atoms with Crippen molar-refractivity contribution in [2.45, 2.75) is 44.2 Å². The Hall–Kier alpha value is -2.58. The first kappa shape index (κ1) is 21.7. The molecule has 2 aromatic carbocycles. The van der Waals surface area contributed by atoms with Crippen LogP contribution in [0.2, 0.25) is 0 Å². The van der Waals surface area contributed by atoms with Gasteiger partial charge in [-0.25, -0.2) is 22.3 Å². The topological polar surface area (TPSA) is 89.5 Å². The molecule has 0 spiro atoms. The maximum absolute atomic E-state index is 12.9. The molecule has 0 bridgehead atoms. The van der Waals surface area contributed by atoms with E-state index in [1.807, 2.05) is 6.92 Å². The summed E-state index contributed by atoms with van der Waals surface area (Å²) in [5.41, 5.74) is 0.334.